The molecule has 5 heteroatoms. The summed E-state index contributed by atoms with van der Waals surface area (Å²) in [6.45, 7) is 3.71. The minimum Gasteiger partial charge on any atom is -0.368 e. The Morgan fingerprint density at radius 2 is 1.83 bits per heavy atom. The number of carbonyl (C=O) groups is 2. The summed E-state index contributed by atoms with van der Waals surface area (Å²) in [5.74, 6) is -0.240. The van der Waals surface area contributed by atoms with Crippen LogP contribution in [0.3, 0.4) is 0 Å². The molecule has 0 saturated heterocycles. The fraction of sp³-hybridized carbons (Fsp3) is 0.368. The largest absolute Gasteiger partial charge is 0.368 e. The number of hydrogen-bond donors (Lipinski definition) is 3. The predicted octanol–water partition coefficient (Wildman–Crippen LogP) is 2.50. The standard InChI is InChI=1S/C19H23N3O2/c1-11(2)17(18(20)23)22-19(24)21-16-10-15(16)14-9-5-7-12-6-3-4-8-13(12)14/h3-9,11,15-17H,10H2,1-2H3,(H2,20,23)(H2,21,22,24)/t15-,16+,17-/m0/s1. The average Bonchev–Trinajstić information content (AvgIpc) is 3.30. The number of urea groups is 1. The Bertz CT molecular complexity index is 767. The molecule has 24 heavy (non-hydrogen) atoms. The van der Waals surface area contributed by atoms with Gasteiger partial charge in [-0.25, -0.2) is 4.79 Å². The third kappa shape index (κ3) is 3.35. The molecule has 2 aromatic rings. The number of hydrogen-bond acceptors (Lipinski definition) is 2. The number of primary amides is 1. The van der Waals surface area contributed by atoms with Crippen LogP contribution in [0.2, 0.25) is 0 Å². The van der Waals surface area contributed by atoms with Crippen LogP contribution >= 0.6 is 0 Å². The van der Waals surface area contributed by atoms with E-state index in [0.717, 1.165) is 6.42 Å². The first-order valence-electron chi connectivity index (χ1n) is 8.31. The molecule has 0 heterocycles. The molecule has 3 rings (SSSR count). The first kappa shape index (κ1) is 16.3. The summed E-state index contributed by atoms with van der Waals surface area (Å²) < 4.78 is 0. The van der Waals surface area contributed by atoms with Gasteiger partial charge in [0.15, 0.2) is 0 Å². The van der Waals surface area contributed by atoms with Crippen molar-refractivity contribution in [3.8, 4) is 0 Å². The zero-order valence-corrected chi connectivity index (χ0v) is 14.0. The molecule has 1 aliphatic rings. The van der Waals surface area contributed by atoms with Crippen LogP contribution < -0.4 is 16.4 Å². The van der Waals surface area contributed by atoms with Crippen molar-refractivity contribution < 1.29 is 9.59 Å². The van der Waals surface area contributed by atoms with E-state index in [0.29, 0.717) is 5.92 Å². The van der Waals surface area contributed by atoms with Gasteiger partial charge in [-0.15, -0.1) is 0 Å². The maximum atomic E-state index is 12.1. The Morgan fingerprint density at radius 3 is 2.54 bits per heavy atom. The third-order valence-corrected chi connectivity index (χ3v) is 4.59. The Labute approximate surface area is 141 Å². The Kier molecular flexibility index (Phi) is 4.42. The molecule has 3 atom stereocenters. The highest BCUT2D eigenvalue weighted by atomic mass is 16.2. The van der Waals surface area contributed by atoms with Gasteiger partial charge in [-0.05, 0) is 28.7 Å². The fourth-order valence-electron chi connectivity index (χ4n) is 3.19. The van der Waals surface area contributed by atoms with Crippen molar-refractivity contribution in [3.63, 3.8) is 0 Å². The lowest BCUT2D eigenvalue weighted by Gasteiger charge is -2.19. The van der Waals surface area contributed by atoms with Crippen molar-refractivity contribution in [1.82, 2.24) is 10.6 Å². The fourth-order valence-corrected chi connectivity index (χ4v) is 3.19. The van der Waals surface area contributed by atoms with Gasteiger partial charge in [0.25, 0.3) is 0 Å². The van der Waals surface area contributed by atoms with Crippen LogP contribution in [0, 0.1) is 5.92 Å². The second-order valence-electron chi connectivity index (χ2n) is 6.76. The van der Waals surface area contributed by atoms with E-state index in [1.165, 1.54) is 16.3 Å². The molecule has 0 aromatic heterocycles. The van der Waals surface area contributed by atoms with Gasteiger partial charge in [0, 0.05) is 12.0 Å². The molecule has 126 valence electrons. The molecule has 1 aliphatic carbocycles. The molecule has 0 aliphatic heterocycles. The van der Waals surface area contributed by atoms with Gasteiger partial charge in [-0.2, -0.15) is 0 Å². The summed E-state index contributed by atoms with van der Waals surface area (Å²) in [5.41, 5.74) is 6.59. The predicted molar refractivity (Wildman–Crippen MR) is 94.6 cm³/mol. The van der Waals surface area contributed by atoms with E-state index >= 15 is 0 Å². The van der Waals surface area contributed by atoms with E-state index in [2.05, 4.69) is 41.0 Å². The van der Waals surface area contributed by atoms with Crippen molar-refractivity contribution in [2.75, 3.05) is 0 Å². The molecule has 0 radical (unpaired) electrons. The van der Waals surface area contributed by atoms with Crippen molar-refractivity contribution in [2.24, 2.45) is 11.7 Å². The normalized spacial score (nSPS) is 20.6. The number of rotatable bonds is 5. The number of benzene rings is 2. The lowest BCUT2D eigenvalue weighted by molar-refractivity contribution is -0.120. The third-order valence-electron chi connectivity index (χ3n) is 4.59. The van der Waals surface area contributed by atoms with E-state index in [4.69, 9.17) is 5.73 Å². The van der Waals surface area contributed by atoms with Gasteiger partial charge in [-0.1, -0.05) is 56.3 Å². The van der Waals surface area contributed by atoms with Gasteiger partial charge in [0.2, 0.25) is 5.91 Å². The van der Waals surface area contributed by atoms with E-state index in [-0.39, 0.29) is 18.0 Å². The number of nitrogens with two attached hydrogens (primary N) is 1. The van der Waals surface area contributed by atoms with Gasteiger partial charge >= 0.3 is 6.03 Å². The maximum Gasteiger partial charge on any atom is 0.315 e. The molecule has 1 fully saturated rings. The van der Waals surface area contributed by atoms with Crippen LogP contribution in [0.1, 0.15) is 31.7 Å². The van der Waals surface area contributed by atoms with Crippen LogP contribution in [0.4, 0.5) is 4.79 Å². The summed E-state index contributed by atoms with van der Waals surface area (Å²) in [6.07, 6.45) is 0.907. The number of amides is 3. The summed E-state index contributed by atoms with van der Waals surface area (Å²) >= 11 is 0. The lowest BCUT2D eigenvalue weighted by atomic mass is 10.0. The molecule has 0 spiro atoms. The van der Waals surface area contributed by atoms with Crippen LogP contribution in [0.5, 0.6) is 0 Å². The maximum absolute atomic E-state index is 12.1. The molecule has 4 N–H and O–H groups in total. The summed E-state index contributed by atoms with van der Waals surface area (Å²) in [6, 6.07) is 13.6. The minimum absolute atomic E-state index is 0.0404. The number of fused-ring (bicyclic) bond motifs is 1. The van der Waals surface area contributed by atoms with Crippen molar-refractivity contribution in [2.45, 2.75) is 38.3 Å². The second-order valence-corrected chi connectivity index (χ2v) is 6.76. The zero-order valence-electron chi connectivity index (χ0n) is 14.0. The highest BCUT2D eigenvalue weighted by molar-refractivity contribution is 5.88. The SMILES string of the molecule is CC(C)[C@H](NC(=O)N[C@@H]1C[C@H]1c1cccc2ccccc12)C(N)=O. The smallest absolute Gasteiger partial charge is 0.315 e. The van der Waals surface area contributed by atoms with E-state index in [1.807, 2.05) is 26.0 Å². The molecule has 0 bridgehead atoms. The van der Waals surface area contributed by atoms with E-state index < -0.39 is 11.9 Å². The van der Waals surface area contributed by atoms with Crippen molar-refractivity contribution in [3.05, 3.63) is 48.0 Å². The molecular formula is C19H23N3O2. The van der Waals surface area contributed by atoms with Crippen molar-refractivity contribution >= 4 is 22.7 Å². The first-order chi connectivity index (χ1) is 11.5. The van der Waals surface area contributed by atoms with E-state index in [1.54, 1.807) is 0 Å². The summed E-state index contributed by atoms with van der Waals surface area (Å²) in [4.78, 5) is 23.5. The van der Waals surface area contributed by atoms with Gasteiger partial charge < -0.3 is 16.4 Å². The summed E-state index contributed by atoms with van der Waals surface area (Å²) in [5, 5.41) is 8.06. The van der Waals surface area contributed by atoms with Gasteiger partial charge in [0.05, 0.1) is 0 Å². The number of nitrogens with one attached hydrogen (secondary N) is 2. The van der Waals surface area contributed by atoms with Gasteiger partial charge in [-0.3, -0.25) is 4.79 Å². The molecule has 3 amide bonds. The molecule has 5 nitrogen and oxygen atoms in total. The highest BCUT2D eigenvalue weighted by Crippen LogP contribution is 2.43. The van der Waals surface area contributed by atoms with Gasteiger partial charge in [0.1, 0.15) is 6.04 Å². The monoisotopic (exact) mass is 325 g/mol. The quantitative estimate of drug-likeness (QED) is 0.789. The second kappa shape index (κ2) is 6.51. The Morgan fingerprint density at radius 1 is 1.12 bits per heavy atom. The average molecular weight is 325 g/mol. The first-order valence-corrected chi connectivity index (χ1v) is 8.31. The molecular weight excluding hydrogens is 302 g/mol. The topological polar surface area (TPSA) is 84.2 Å². The van der Waals surface area contributed by atoms with Crippen LogP contribution in [-0.2, 0) is 4.79 Å². The Balaban J connectivity index is 1.65. The van der Waals surface area contributed by atoms with Crippen LogP contribution in [0.25, 0.3) is 10.8 Å². The zero-order chi connectivity index (χ0) is 17.3. The van der Waals surface area contributed by atoms with Crippen molar-refractivity contribution in [1.29, 1.82) is 0 Å². The van der Waals surface area contributed by atoms with E-state index in [9.17, 15) is 9.59 Å². The number of carbonyl (C=O) groups excluding carboxylic acids is 2. The summed E-state index contributed by atoms with van der Waals surface area (Å²) in [7, 11) is 0. The minimum atomic E-state index is -0.653. The molecule has 1 saturated carbocycles. The van der Waals surface area contributed by atoms with Crippen LogP contribution in [-0.4, -0.2) is 24.0 Å². The Hall–Kier alpha value is -2.56. The lowest BCUT2D eigenvalue weighted by Crippen LogP contribution is -2.51. The highest BCUT2D eigenvalue weighted by Gasteiger charge is 2.40. The molecule has 0 unspecified atom stereocenters. The van der Waals surface area contributed by atoms with Crippen LogP contribution in [0.15, 0.2) is 42.5 Å². The molecule has 2 aromatic carbocycles.